The number of hydrogen-bond donors (Lipinski definition) is 1. The second-order valence-electron chi connectivity index (χ2n) is 6.32. The smallest absolute Gasteiger partial charge is 0.357 e. The van der Waals surface area contributed by atoms with Crippen molar-refractivity contribution < 1.29 is 9.90 Å². The molecule has 0 saturated carbocycles. The van der Waals surface area contributed by atoms with E-state index >= 15 is 0 Å². The van der Waals surface area contributed by atoms with Gasteiger partial charge in [0.2, 0.25) is 0 Å². The standard InChI is InChI=1S/C16H19IN2O2/c1-9-6-10(2)8-11(7-9)19-14(16(3,4)5)12(17)13(18-19)15(20)21/h6-8H,1-5H3,(H,20,21). The van der Waals surface area contributed by atoms with Gasteiger partial charge in [-0.1, -0.05) is 26.8 Å². The molecule has 0 aliphatic rings. The lowest BCUT2D eigenvalue weighted by Gasteiger charge is -2.21. The molecule has 2 rings (SSSR count). The molecule has 21 heavy (non-hydrogen) atoms. The summed E-state index contributed by atoms with van der Waals surface area (Å²) in [7, 11) is 0. The minimum absolute atomic E-state index is 0.111. The summed E-state index contributed by atoms with van der Waals surface area (Å²) in [6.07, 6.45) is 0. The van der Waals surface area contributed by atoms with Crippen LogP contribution in [0.15, 0.2) is 18.2 Å². The average molecular weight is 398 g/mol. The number of aryl methyl sites for hydroxylation is 2. The summed E-state index contributed by atoms with van der Waals surface area (Å²) in [5, 5.41) is 13.7. The summed E-state index contributed by atoms with van der Waals surface area (Å²) >= 11 is 2.08. The van der Waals surface area contributed by atoms with Crippen molar-refractivity contribution in [2.24, 2.45) is 0 Å². The second-order valence-corrected chi connectivity index (χ2v) is 7.40. The number of halogens is 1. The summed E-state index contributed by atoms with van der Waals surface area (Å²) in [6.45, 7) is 10.3. The molecule has 0 fully saturated rings. The number of aromatic nitrogens is 2. The van der Waals surface area contributed by atoms with Crippen LogP contribution in [0.5, 0.6) is 0 Å². The second kappa shape index (κ2) is 5.44. The Bertz CT molecular complexity index is 692. The predicted molar refractivity (Wildman–Crippen MR) is 91.4 cm³/mol. The molecule has 0 unspecified atom stereocenters. The van der Waals surface area contributed by atoms with Gasteiger partial charge in [-0.3, -0.25) is 0 Å². The highest BCUT2D eigenvalue weighted by molar-refractivity contribution is 14.1. The number of carbonyl (C=O) groups is 1. The zero-order chi connectivity index (χ0) is 15.9. The summed E-state index contributed by atoms with van der Waals surface area (Å²) in [6, 6.07) is 6.14. The van der Waals surface area contributed by atoms with Crippen molar-refractivity contribution in [2.75, 3.05) is 0 Å². The van der Waals surface area contributed by atoms with Crippen molar-refractivity contribution in [3.63, 3.8) is 0 Å². The first-order valence-electron chi connectivity index (χ1n) is 6.72. The van der Waals surface area contributed by atoms with Crippen molar-refractivity contribution in [2.45, 2.75) is 40.0 Å². The Morgan fingerprint density at radius 3 is 2.14 bits per heavy atom. The van der Waals surface area contributed by atoms with Gasteiger partial charge in [0.1, 0.15) is 0 Å². The molecule has 0 amide bonds. The zero-order valence-electron chi connectivity index (χ0n) is 12.9. The normalized spacial score (nSPS) is 11.7. The molecule has 0 aliphatic heterocycles. The van der Waals surface area contributed by atoms with Crippen LogP contribution < -0.4 is 0 Å². The minimum Gasteiger partial charge on any atom is -0.476 e. The van der Waals surface area contributed by atoms with Gasteiger partial charge < -0.3 is 5.11 Å². The number of rotatable bonds is 2. The van der Waals surface area contributed by atoms with Crippen LogP contribution in [0.1, 0.15) is 48.1 Å². The maximum Gasteiger partial charge on any atom is 0.357 e. The van der Waals surface area contributed by atoms with Crippen LogP contribution in [-0.4, -0.2) is 20.9 Å². The Kier molecular flexibility index (Phi) is 4.15. The lowest BCUT2D eigenvalue weighted by molar-refractivity contribution is 0.0689. The molecule has 0 spiro atoms. The Hall–Kier alpha value is -1.37. The number of nitrogens with zero attached hydrogens (tertiary/aromatic N) is 2. The largest absolute Gasteiger partial charge is 0.476 e. The van der Waals surface area contributed by atoms with E-state index < -0.39 is 5.97 Å². The summed E-state index contributed by atoms with van der Waals surface area (Å²) in [5.41, 5.74) is 4.00. The highest BCUT2D eigenvalue weighted by Crippen LogP contribution is 2.32. The number of carboxylic acid groups (broad SMARTS) is 1. The molecular formula is C16H19IN2O2. The maximum atomic E-state index is 11.4. The van der Waals surface area contributed by atoms with Gasteiger partial charge in [-0.05, 0) is 59.7 Å². The molecule has 0 radical (unpaired) electrons. The van der Waals surface area contributed by atoms with E-state index in [9.17, 15) is 9.90 Å². The van der Waals surface area contributed by atoms with E-state index in [1.165, 1.54) is 0 Å². The van der Waals surface area contributed by atoms with Crippen LogP contribution in [-0.2, 0) is 5.41 Å². The van der Waals surface area contributed by atoms with Crippen molar-refractivity contribution in [1.29, 1.82) is 0 Å². The van der Waals surface area contributed by atoms with Gasteiger partial charge in [0, 0.05) is 5.41 Å². The third-order valence-corrected chi connectivity index (χ3v) is 4.21. The van der Waals surface area contributed by atoms with Crippen LogP contribution in [0.25, 0.3) is 5.69 Å². The number of aromatic carboxylic acids is 1. The highest BCUT2D eigenvalue weighted by atomic mass is 127. The molecule has 112 valence electrons. The van der Waals surface area contributed by atoms with Crippen molar-refractivity contribution in [3.8, 4) is 5.69 Å². The van der Waals surface area contributed by atoms with E-state index in [-0.39, 0.29) is 11.1 Å². The van der Waals surface area contributed by atoms with E-state index in [4.69, 9.17) is 0 Å². The molecule has 1 N–H and O–H groups in total. The first kappa shape index (κ1) is 16.0. The molecule has 1 aromatic carbocycles. The number of benzene rings is 1. The molecule has 0 saturated heterocycles. The SMILES string of the molecule is Cc1cc(C)cc(-n2nc(C(=O)O)c(I)c2C(C)(C)C)c1. The van der Waals surface area contributed by atoms with Crippen molar-refractivity contribution in [1.82, 2.24) is 9.78 Å². The van der Waals surface area contributed by atoms with E-state index in [0.29, 0.717) is 3.57 Å². The van der Waals surface area contributed by atoms with Crippen LogP contribution in [0, 0.1) is 17.4 Å². The first-order chi connectivity index (χ1) is 9.61. The maximum absolute atomic E-state index is 11.4. The summed E-state index contributed by atoms with van der Waals surface area (Å²) < 4.78 is 2.47. The Labute approximate surface area is 138 Å². The topological polar surface area (TPSA) is 55.1 Å². The molecule has 4 nitrogen and oxygen atoms in total. The van der Waals surface area contributed by atoms with E-state index in [1.54, 1.807) is 4.68 Å². The Morgan fingerprint density at radius 1 is 1.19 bits per heavy atom. The average Bonchev–Trinajstić information content (AvgIpc) is 2.65. The third kappa shape index (κ3) is 3.12. The minimum atomic E-state index is -0.993. The van der Waals surface area contributed by atoms with Gasteiger partial charge in [-0.15, -0.1) is 0 Å². The molecule has 1 heterocycles. The van der Waals surface area contributed by atoms with Crippen LogP contribution >= 0.6 is 22.6 Å². The first-order valence-corrected chi connectivity index (χ1v) is 7.80. The molecular weight excluding hydrogens is 379 g/mol. The van der Waals surface area contributed by atoms with Crippen LogP contribution in [0.4, 0.5) is 0 Å². The van der Waals surface area contributed by atoms with Gasteiger partial charge >= 0.3 is 5.97 Å². The molecule has 0 bridgehead atoms. The third-order valence-electron chi connectivity index (χ3n) is 3.19. The molecule has 1 aromatic heterocycles. The van der Waals surface area contributed by atoms with Crippen molar-refractivity contribution >= 4 is 28.6 Å². The summed E-state index contributed by atoms with van der Waals surface area (Å²) in [5.74, 6) is -0.993. The van der Waals surface area contributed by atoms with Gasteiger partial charge in [-0.25, -0.2) is 9.48 Å². The van der Waals surface area contributed by atoms with Gasteiger partial charge in [0.25, 0.3) is 0 Å². The quantitative estimate of drug-likeness (QED) is 0.776. The van der Waals surface area contributed by atoms with Crippen LogP contribution in [0.2, 0.25) is 0 Å². The zero-order valence-corrected chi connectivity index (χ0v) is 15.0. The van der Waals surface area contributed by atoms with Crippen molar-refractivity contribution in [3.05, 3.63) is 44.3 Å². The number of hydrogen-bond acceptors (Lipinski definition) is 2. The van der Waals surface area contributed by atoms with Gasteiger partial charge in [-0.2, -0.15) is 5.10 Å². The van der Waals surface area contributed by atoms with E-state index in [2.05, 4.69) is 54.5 Å². The predicted octanol–water partition coefficient (Wildman–Crippen LogP) is 4.09. The van der Waals surface area contributed by atoms with E-state index in [1.807, 2.05) is 26.0 Å². The lowest BCUT2D eigenvalue weighted by Crippen LogP contribution is -2.19. The fourth-order valence-electron chi connectivity index (χ4n) is 2.44. The Balaban J connectivity index is 2.79. The molecule has 2 aromatic rings. The molecule has 0 aliphatic carbocycles. The molecule has 5 heteroatoms. The monoisotopic (exact) mass is 398 g/mol. The number of carboxylic acids is 1. The van der Waals surface area contributed by atoms with Crippen LogP contribution in [0.3, 0.4) is 0 Å². The summed E-state index contributed by atoms with van der Waals surface area (Å²) in [4.78, 5) is 11.4. The Morgan fingerprint density at radius 2 is 1.71 bits per heavy atom. The molecule has 0 atom stereocenters. The fourth-order valence-corrected chi connectivity index (χ4v) is 3.82. The van der Waals surface area contributed by atoms with E-state index in [0.717, 1.165) is 22.5 Å². The lowest BCUT2D eigenvalue weighted by atomic mass is 9.91. The van der Waals surface area contributed by atoms with Gasteiger partial charge in [0.15, 0.2) is 5.69 Å². The fraction of sp³-hybridized carbons (Fsp3) is 0.375. The van der Waals surface area contributed by atoms with Gasteiger partial charge in [0.05, 0.1) is 15.0 Å². The highest BCUT2D eigenvalue weighted by Gasteiger charge is 2.29.